The van der Waals surface area contributed by atoms with Crippen LogP contribution in [0.3, 0.4) is 0 Å². The van der Waals surface area contributed by atoms with Crippen LogP contribution < -0.4 is 20.1 Å². The van der Waals surface area contributed by atoms with Gasteiger partial charge in [-0.15, -0.1) is 0 Å². The quantitative estimate of drug-likeness (QED) is 0.393. The molecule has 0 fully saturated rings. The number of guanidine groups is 1. The van der Waals surface area contributed by atoms with Crippen LogP contribution in [0.5, 0.6) is 11.5 Å². The third-order valence-corrected chi connectivity index (χ3v) is 3.46. The summed E-state index contributed by atoms with van der Waals surface area (Å²) in [6.45, 7) is 5.26. The lowest BCUT2D eigenvalue weighted by Crippen LogP contribution is -2.38. The van der Waals surface area contributed by atoms with E-state index in [0.717, 1.165) is 49.3 Å². The molecule has 0 saturated heterocycles. The van der Waals surface area contributed by atoms with E-state index in [1.807, 2.05) is 36.0 Å². The Bertz CT molecular complexity index is 424. The summed E-state index contributed by atoms with van der Waals surface area (Å²) in [7, 11) is 1.66. The largest absolute Gasteiger partial charge is 0.497 e. The molecule has 0 aliphatic rings. The lowest BCUT2D eigenvalue weighted by atomic mass is 10.3. The molecule has 0 atom stereocenters. The van der Waals surface area contributed by atoms with Gasteiger partial charge in [-0.1, -0.05) is 0 Å². The predicted octanol–water partition coefficient (Wildman–Crippen LogP) is 2.38. The Labute approximate surface area is 137 Å². The summed E-state index contributed by atoms with van der Waals surface area (Å²) in [4.78, 5) is 4.53. The van der Waals surface area contributed by atoms with E-state index in [0.29, 0.717) is 6.61 Å². The summed E-state index contributed by atoms with van der Waals surface area (Å²) in [6.07, 6.45) is 2.98. The summed E-state index contributed by atoms with van der Waals surface area (Å²) in [6, 6.07) is 7.62. The first-order chi connectivity index (χ1) is 10.8. The van der Waals surface area contributed by atoms with Gasteiger partial charge in [0.05, 0.1) is 13.7 Å². The molecule has 0 heterocycles. The first-order valence-corrected chi connectivity index (χ1v) is 8.97. The van der Waals surface area contributed by atoms with Gasteiger partial charge >= 0.3 is 0 Å². The van der Waals surface area contributed by atoms with E-state index in [9.17, 15) is 0 Å². The van der Waals surface area contributed by atoms with Crippen molar-refractivity contribution in [3.63, 3.8) is 0 Å². The number of rotatable bonds is 10. The SMILES string of the molecule is CCNC(=NCCCOc1ccc(OC)cc1)NCCSC. The highest BCUT2D eigenvalue weighted by molar-refractivity contribution is 7.98. The number of nitrogens with one attached hydrogen (secondary N) is 2. The average Bonchev–Trinajstić information content (AvgIpc) is 2.55. The minimum absolute atomic E-state index is 0.653. The average molecular weight is 325 g/mol. The number of aliphatic imine (C=N–C) groups is 1. The van der Waals surface area contributed by atoms with E-state index in [2.05, 4.69) is 28.8 Å². The number of hydrogen-bond acceptors (Lipinski definition) is 4. The summed E-state index contributed by atoms with van der Waals surface area (Å²) in [5, 5.41) is 6.54. The van der Waals surface area contributed by atoms with Gasteiger partial charge in [-0.25, -0.2) is 0 Å². The summed E-state index contributed by atoms with van der Waals surface area (Å²) >= 11 is 1.82. The summed E-state index contributed by atoms with van der Waals surface area (Å²) in [5.74, 6) is 3.64. The molecule has 0 bridgehead atoms. The maximum absolute atomic E-state index is 5.68. The summed E-state index contributed by atoms with van der Waals surface area (Å²) < 4.78 is 10.8. The lowest BCUT2D eigenvalue weighted by molar-refractivity contribution is 0.312. The Morgan fingerprint density at radius 1 is 1.18 bits per heavy atom. The molecule has 5 nitrogen and oxygen atoms in total. The van der Waals surface area contributed by atoms with Gasteiger partial charge in [0.2, 0.25) is 0 Å². The van der Waals surface area contributed by atoms with Crippen LogP contribution in [0.2, 0.25) is 0 Å². The van der Waals surface area contributed by atoms with Gasteiger partial charge in [-0.3, -0.25) is 4.99 Å². The number of thioether (sulfide) groups is 1. The van der Waals surface area contributed by atoms with Gasteiger partial charge in [0.25, 0.3) is 0 Å². The molecule has 0 amide bonds. The van der Waals surface area contributed by atoms with Crippen LogP contribution in [-0.2, 0) is 0 Å². The van der Waals surface area contributed by atoms with E-state index in [4.69, 9.17) is 9.47 Å². The molecule has 0 radical (unpaired) electrons. The van der Waals surface area contributed by atoms with E-state index < -0.39 is 0 Å². The van der Waals surface area contributed by atoms with Crippen molar-refractivity contribution in [1.29, 1.82) is 0 Å². The number of ether oxygens (including phenoxy) is 2. The molecule has 0 aliphatic heterocycles. The molecule has 1 rings (SSSR count). The van der Waals surface area contributed by atoms with Crippen molar-refractivity contribution in [2.75, 3.05) is 45.4 Å². The van der Waals surface area contributed by atoms with Crippen LogP contribution in [-0.4, -0.2) is 51.3 Å². The molecule has 1 aromatic carbocycles. The van der Waals surface area contributed by atoms with Crippen molar-refractivity contribution < 1.29 is 9.47 Å². The molecule has 0 saturated carbocycles. The van der Waals surface area contributed by atoms with Crippen molar-refractivity contribution in [2.24, 2.45) is 4.99 Å². The van der Waals surface area contributed by atoms with E-state index in [1.165, 1.54) is 0 Å². The Morgan fingerprint density at radius 2 is 1.91 bits per heavy atom. The third kappa shape index (κ3) is 8.02. The maximum atomic E-state index is 5.68. The smallest absolute Gasteiger partial charge is 0.191 e. The molecule has 1 aromatic rings. The fourth-order valence-corrected chi connectivity index (χ4v) is 2.04. The van der Waals surface area contributed by atoms with Crippen molar-refractivity contribution in [3.05, 3.63) is 24.3 Å². The standard InChI is InChI=1S/C16H27N3O2S/c1-4-17-16(19-11-13-22-3)18-10-5-12-21-15-8-6-14(20-2)7-9-15/h6-9H,4-5,10-13H2,1-3H3,(H2,17,18,19). The second-order valence-corrected chi connectivity index (χ2v) is 5.54. The van der Waals surface area contributed by atoms with Crippen LogP contribution in [0.15, 0.2) is 29.3 Å². The van der Waals surface area contributed by atoms with Crippen molar-refractivity contribution in [2.45, 2.75) is 13.3 Å². The highest BCUT2D eigenvalue weighted by Crippen LogP contribution is 2.16. The van der Waals surface area contributed by atoms with Gasteiger partial charge in [-0.05, 0) is 37.4 Å². The second-order valence-electron chi connectivity index (χ2n) is 4.56. The van der Waals surface area contributed by atoms with Gasteiger partial charge in [0.1, 0.15) is 11.5 Å². The van der Waals surface area contributed by atoms with Crippen molar-refractivity contribution in [3.8, 4) is 11.5 Å². The molecule has 2 N–H and O–H groups in total. The Kier molecular flexibility index (Phi) is 10.1. The monoisotopic (exact) mass is 325 g/mol. The minimum Gasteiger partial charge on any atom is -0.497 e. The zero-order chi connectivity index (χ0) is 16.0. The fourth-order valence-electron chi connectivity index (χ4n) is 1.73. The van der Waals surface area contributed by atoms with Gasteiger partial charge in [0.15, 0.2) is 5.96 Å². The normalized spacial score (nSPS) is 11.1. The zero-order valence-electron chi connectivity index (χ0n) is 13.7. The Morgan fingerprint density at radius 3 is 2.55 bits per heavy atom. The summed E-state index contributed by atoms with van der Waals surface area (Å²) in [5.41, 5.74) is 0. The number of methoxy groups -OCH3 is 1. The lowest BCUT2D eigenvalue weighted by Gasteiger charge is -2.10. The minimum atomic E-state index is 0.653. The van der Waals surface area contributed by atoms with Crippen molar-refractivity contribution in [1.82, 2.24) is 10.6 Å². The van der Waals surface area contributed by atoms with Crippen molar-refractivity contribution >= 4 is 17.7 Å². The maximum Gasteiger partial charge on any atom is 0.191 e. The van der Waals surface area contributed by atoms with Crippen LogP contribution >= 0.6 is 11.8 Å². The molecular weight excluding hydrogens is 298 g/mol. The zero-order valence-corrected chi connectivity index (χ0v) is 14.5. The molecular formula is C16H27N3O2S. The fraction of sp³-hybridized carbons (Fsp3) is 0.562. The first-order valence-electron chi connectivity index (χ1n) is 7.58. The van der Waals surface area contributed by atoms with Crippen LogP contribution in [0, 0.1) is 0 Å². The topological polar surface area (TPSA) is 54.9 Å². The van der Waals surface area contributed by atoms with Gasteiger partial charge < -0.3 is 20.1 Å². The molecule has 0 aromatic heterocycles. The Hall–Kier alpha value is -1.56. The Balaban J connectivity index is 2.23. The highest BCUT2D eigenvalue weighted by atomic mass is 32.2. The number of hydrogen-bond donors (Lipinski definition) is 2. The third-order valence-electron chi connectivity index (χ3n) is 2.84. The predicted molar refractivity (Wildman–Crippen MR) is 95.5 cm³/mol. The van der Waals surface area contributed by atoms with Crippen LogP contribution in [0.1, 0.15) is 13.3 Å². The van der Waals surface area contributed by atoms with E-state index >= 15 is 0 Å². The molecule has 0 aliphatic carbocycles. The van der Waals surface area contributed by atoms with Crippen LogP contribution in [0.25, 0.3) is 0 Å². The second kappa shape index (κ2) is 12.0. The number of nitrogens with zero attached hydrogens (tertiary/aromatic N) is 1. The molecule has 6 heteroatoms. The number of benzene rings is 1. The highest BCUT2D eigenvalue weighted by Gasteiger charge is 1.97. The molecule has 0 unspecified atom stereocenters. The molecule has 124 valence electrons. The van der Waals surface area contributed by atoms with Gasteiger partial charge in [-0.2, -0.15) is 11.8 Å². The van der Waals surface area contributed by atoms with E-state index in [1.54, 1.807) is 7.11 Å². The van der Waals surface area contributed by atoms with E-state index in [-0.39, 0.29) is 0 Å². The molecule has 0 spiro atoms. The van der Waals surface area contributed by atoms with Crippen LogP contribution in [0.4, 0.5) is 0 Å². The molecule has 22 heavy (non-hydrogen) atoms. The van der Waals surface area contributed by atoms with Gasteiger partial charge in [0, 0.05) is 31.8 Å². The first kappa shape index (κ1) is 18.5.